The predicted molar refractivity (Wildman–Crippen MR) is 69.3 cm³/mol. The quantitative estimate of drug-likeness (QED) is 0.701. The van der Waals surface area contributed by atoms with Gasteiger partial charge in [0.1, 0.15) is 0 Å². The summed E-state index contributed by atoms with van der Waals surface area (Å²) in [5.74, 6) is 0.719. The summed E-state index contributed by atoms with van der Waals surface area (Å²) < 4.78 is 0. The van der Waals surface area contributed by atoms with Gasteiger partial charge >= 0.3 is 0 Å². The summed E-state index contributed by atoms with van der Waals surface area (Å²) >= 11 is 0. The highest BCUT2D eigenvalue weighted by atomic mass is 15.2. The maximum Gasteiger partial charge on any atom is 0.0112 e. The zero-order chi connectivity index (χ0) is 12.0. The van der Waals surface area contributed by atoms with Crippen LogP contribution in [0.5, 0.6) is 0 Å². The van der Waals surface area contributed by atoms with Crippen molar-refractivity contribution in [2.45, 2.75) is 66.6 Å². The van der Waals surface area contributed by atoms with Gasteiger partial charge < -0.3 is 5.32 Å². The van der Waals surface area contributed by atoms with E-state index in [1.54, 1.807) is 0 Å². The largest absolute Gasteiger partial charge is 0.313 e. The molecule has 2 nitrogen and oxygen atoms in total. The summed E-state index contributed by atoms with van der Waals surface area (Å²) in [7, 11) is 0. The molecule has 1 N–H and O–H groups in total. The average Bonchev–Trinajstić information content (AvgIpc) is 2.10. The zero-order valence-corrected chi connectivity index (χ0v) is 11.7. The highest BCUT2D eigenvalue weighted by Gasteiger charge is 2.13. The van der Waals surface area contributed by atoms with E-state index < -0.39 is 0 Å². The molecule has 1 atom stereocenters. The van der Waals surface area contributed by atoms with Gasteiger partial charge in [-0.05, 0) is 40.5 Å². The van der Waals surface area contributed by atoms with Crippen LogP contribution in [0.3, 0.4) is 0 Å². The molecule has 0 amide bonds. The lowest BCUT2D eigenvalue weighted by molar-refractivity contribution is 0.172. The molecule has 0 aliphatic rings. The van der Waals surface area contributed by atoms with Gasteiger partial charge in [0.25, 0.3) is 0 Å². The fourth-order valence-corrected chi connectivity index (χ4v) is 1.77. The summed E-state index contributed by atoms with van der Waals surface area (Å²) in [6.07, 6.45) is 0. The first-order valence-electron chi connectivity index (χ1n) is 6.35. The average molecular weight is 214 g/mol. The van der Waals surface area contributed by atoms with Crippen molar-refractivity contribution >= 4 is 0 Å². The smallest absolute Gasteiger partial charge is 0.0112 e. The Morgan fingerprint density at radius 2 is 1.33 bits per heavy atom. The topological polar surface area (TPSA) is 15.3 Å². The Labute approximate surface area is 96.4 Å². The lowest BCUT2D eigenvalue weighted by atomic mass is 10.1. The Morgan fingerprint density at radius 3 is 1.67 bits per heavy atom. The molecule has 0 fully saturated rings. The summed E-state index contributed by atoms with van der Waals surface area (Å²) in [5, 5.41) is 3.58. The first-order valence-corrected chi connectivity index (χ1v) is 6.35. The van der Waals surface area contributed by atoms with Gasteiger partial charge in [-0.3, -0.25) is 4.90 Å². The van der Waals surface area contributed by atoms with Crippen LogP contribution in [0.2, 0.25) is 0 Å². The molecule has 0 aliphatic heterocycles. The van der Waals surface area contributed by atoms with Crippen LogP contribution in [-0.4, -0.2) is 36.1 Å². The number of hydrogen-bond acceptors (Lipinski definition) is 2. The molecule has 0 radical (unpaired) electrons. The maximum atomic E-state index is 3.58. The summed E-state index contributed by atoms with van der Waals surface area (Å²) in [5.41, 5.74) is 0. The first kappa shape index (κ1) is 14.9. The van der Waals surface area contributed by atoms with E-state index >= 15 is 0 Å². The number of hydrogen-bond donors (Lipinski definition) is 1. The first-order chi connectivity index (χ1) is 6.86. The van der Waals surface area contributed by atoms with Gasteiger partial charge in [-0.2, -0.15) is 0 Å². The van der Waals surface area contributed by atoms with Crippen molar-refractivity contribution in [1.82, 2.24) is 10.2 Å². The second-order valence-electron chi connectivity index (χ2n) is 5.41. The van der Waals surface area contributed by atoms with E-state index in [-0.39, 0.29) is 0 Å². The van der Waals surface area contributed by atoms with Crippen molar-refractivity contribution < 1.29 is 0 Å². The zero-order valence-electron chi connectivity index (χ0n) is 11.7. The van der Waals surface area contributed by atoms with Gasteiger partial charge in [-0.15, -0.1) is 0 Å². The Bertz CT molecular complexity index is 145. The number of rotatable bonds is 7. The van der Waals surface area contributed by atoms with Crippen molar-refractivity contribution in [3.05, 3.63) is 0 Å². The lowest BCUT2D eigenvalue weighted by Crippen LogP contribution is -2.43. The van der Waals surface area contributed by atoms with Crippen molar-refractivity contribution in [1.29, 1.82) is 0 Å². The van der Waals surface area contributed by atoms with E-state index in [2.05, 4.69) is 58.7 Å². The molecule has 0 saturated carbocycles. The summed E-state index contributed by atoms with van der Waals surface area (Å²) in [4.78, 5) is 2.53. The summed E-state index contributed by atoms with van der Waals surface area (Å²) in [6.45, 7) is 18.1. The predicted octanol–water partition coefficient (Wildman–Crippen LogP) is 2.74. The molecule has 15 heavy (non-hydrogen) atoms. The summed E-state index contributed by atoms with van der Waals surface area (Å²) in [6, 6.07) is 1.90. The Kier molecular flexibility index (Phi) is 7.20. The monoisotopic (exact) mass is 214 g/mol. The molecule has 0 bridgehead atoms. The van der Waals surface area contributed by atoms with E-state index in [1.165, 1.54) is 0 Å². The van der Waals surface area contributed by atoms with Crippen LogP contribution < -0.4 is 5.32 Å². The SMILES string of the molecule is CC(C)[C@H](C)NCCN(C(C)C)C(C)C. The molecular weight excluding hydrogens is 184 g/mol. The van der Waals surface area contributed by atoms with Crippen LogP contribution in [0.4, 0.5) is 0 Å². The van der Waals surface area contributed by atoms with Crippen molar-refractivity contribution in [2.24, 2.45) is 5.92 Å². The highest BCUT2D eigenvalue weighted by Crippen LogP contribution is 2.04. The fraction of sp³-hybridized carbons (Fsp3) is 1.00. The Morgan fingerprint density at radius 1 is 0.867 bits per heavy atom. The van der Waals surface area contributed by atoms with Crippen molar-refractivity contribution in [2.75, 3.05) is 13.1 Å². The van der Waals surface area contributed by atoms with Crippen LogP contribution in [0.25, 0.3) is 0 Å². The van der Waals surface area contributed by atoms with E-state index in [1.807, 2.05) is 0 Å². The number of nitrogens with one attached hydrogen (secondary N) is 1. The van der Waals surface area contributed by atoms with Gasteiger partial charge in [0, 0.05) is 31.2 Å². The van der Waals surface area contributed by atoms with Crippen LogP contribution >= 0.6 is 0 Å². The minimum Gasteiger partial charge on any atom is -0.313 e. The van der Waals surface area contributed by atoms with Crippen LogP contribution in [0, 0.1) is 5.92 Å². The minimum absolute atomic E-state index is 0.617. The molecule has 0 aromatic heterocycles. The molecule has 0 spiro atoms. The van der Waals surface area contributed by atoms with Gasteiger partial charge in [-0.25, -0.2) is 0 Å². The van der Waals surface area contributed by atoms with E-state index in [0.717, 1.165) is 19.0 Å². The molecule has 2 heteroatoms. The molecule has 92 valence electrons. The molecule has 0 rings (SSSR count). The van der Waals surface area contributed by atoms with E-state index in [9.17, 15) is 0 Å². The van der Waals surface area contributed by atoms with Crippen molar-refractivity contribution in [3.63, 3.8) is 0 Å². The van der Waals surface area contributed by atoms with Gasteiger partial charge in [0.2, 0.25) is 0 Å². The van der Waals surface area contributed by atoms with Crippen molar-refractivity contribution in [3.8, 4) is 0 Å². The Balaban J connectivity index is 3.81. The van der Waals surface area contributed by atoms with Crippen LogP contribution in [0.15, 0.2) is 0 Å². The van der Waals surface area contributed by atoms with Gasteiger partial charge in [0.15, 0.2) is 0 Å². The van der Waals surface area contributed by atoms with Crippen LogP contribution in [0.1, 0.15) is 48.5 Å². The van der Waals surface area contributed by atoms with E-state index in [0.29, 0.717) is 18.1 Å². The lowest BCUT2D eigenvalue weighted by Gasteiger charge is -2.31. The molecular formula is C13H30N2. The third kappa shape index (κ3) is 6.16. The molecule has 0 aromatic rings. The minimum atomic E-state index is 0.617. The second kappa shape index (κ2) is 7.24. The molecule has 0 unspecified atom stereocenters. The van der Waals surface area contributed by atoms with Gasteiger partial charge in [-0.1, -0.05) is 13.8 Å². The Hall–Kier alpha value is -0.0800. The standard InChI is InChI=1S/C13H30N2/c1-10(2)13(7)14-8-9-15(11(3)4)12(5)6/h10-14H,8-9H2,1-7H3/t13-/m0/s1. The third-order valence-corrected chi connectivity index (χ3v) is 3.16. The molecule has 0 aromatic carbocycles. The maximum absolute atomic E-state index is 3.58. The molecule has 0 aliphatic carbocycles. The number of nitrogens with zero attached hydrogens (tertiary/aromatic N) is 1. The normalized spacial score (nSPS) is 14.6. The van der Waals surface area contributed by atoms with E-state index in [4.69, 9.17) is 0 Å². The fourth-order valence-electron chi connectivity index (χ4n) is 1.77. The van der Waals surface area contributed by atoms with Crippen LogP contribution in [-0.2, 0) is 0 Å². The molecule has 0 saturated heterocycles. The second-order valence-corrected chi connectivity index (χ2v) is 5.41. The van der Waals surface area contributed by atoms with Gasteiger partial charge in [0.05, 0.1) is 0 Å². The third-order valence-electron chi connectivity index (χ3n) is 3.16. The highest BCUT2D eigenvalue weighted by molar-refractivity contribution is 4.70. The molecule has 0 heterocycles.